The Balaban J connectivity index is 1.47. The molecule has 3 aromatic carbocycles. The highest BCUT2D eigenvalue weighted by atomic mass is 35.5. The molecule has 1 aromatic heterocycles. The van der Waals surface area contributed by atoms with Gasteiger partial charge in [0, 0.05) is 27.2 Å². The summed E-state index contributed by atoms with van der Waals surface area (Å²) in [6.45, 7) is 1.81. The maximum atomic E-state index is 13.7. The zero-order valence-corrected chi connectivity index (χ0v) is 21.3. The molecule has 0 spiro atoms. The van der Waals surface area contributed by atoms with Gasteiger partial charge in [-0.25, -0.2) is 9.07 Å². The summed E-state index contributed by atoms with van der Waals surface area (Å²) in [5.74, 6) is 0.480. The predicted octanol–water partition coefficient (Wildman–Crippen LogP) is 6.94. The number of halogens is 3. The van der Waals surface area contributed by atoms with Crippen molar-refractivity contribution < 1.29 is 9.18 Å². The van der Waals surface area contributed by atoms with Gasteiger partial charge in [0.25, 0.3) is 5.91 Å². The molecule has 6 nitrogen and oxygen atoms in total. The summed E-state index contributed by atoms with van der Waals surface area (Å²) in [5.41, 5.74) is 3.47. The Morgan fingerprint density at radius 3 is 2.33 bits per heavy atom. The van der Waals surface area contributed by atoms with Crippen molar-refractivity contribution in [1.29, 1.82) is 0 Å². The van der Waals surface area contributed by atoms with E-state index in [0.29, 0.717) is 49.4 Å². The van der Waals surface area contributed by atoms with Gasteiger partial charge in [-0.1, -0.05) is 59.2 Å². The highest BCUT2D eigenvalue weighted by molar-refractivity contribution is 7.98. The molecule has 2 heterocycles. The van der Waals surface area contributed by atoms with Crippen LogP contribution in [-0.2, 0) is 10.5 Å². The molecule has 0 unspecified atom stereocenters. The average Bonchev–Trinajstić information content (AvgIpc) is 3.27. The van der Waals surface area contributed by atoms with Crippen molar-refractivity contribution in [3.8, 4) is 0 Å². The summed E-state index contributed by atoms with van der Waals surface area (Å²) >= 11 is 13.4. The lowest BCUT2D eigenvalue weighted by atomic mass is 9.95. The Hall–Kier alpha value is -3.33. The monoisotopic (exact) mass is 539 g/mol. The van der Waals surface area contributed by atoms with E-state index in [0.717, 1.165) is 5.56 Å². The number of thioether (sulfide) groups is 1. The van der Waals surface area contributed by atoms with Crippen LogP contribution in [0.5, 0.6) is 0 Å². The zero-order valence-electron chi connectivity index (χ0n) is 19.0. The van der Waals surface area contributed by atoms with E-state index < -0.39 is 6.04 Å². The van der Waals surface area contributed by atoms with Crippen LogP contribution in [0.25, 0.3) is 0 Å². The van der Waals surface area contributed by atoms with E-state index in [1.54, 1.807) is 41.1 Å². The molecule has 0 radical (unpaired) electrons. The van der Waals surface area contributed by atoms with Gasteiger partial charge < -0.3 is 10.6 Å². The fourth-order valence-corrected chi connectivity index (χ4v) is 4.94. The van der Waals surface area contributed by atoms with E-state index in [9.17, 15) is 9.18 Å². The maximum absolute atomic E-state index is 13.7. The van der Waals surface area contributed by atoms with Crippen molar-refractivity contribution >= 4 is 52.5 Å². The molecular weight excluding hydrogens is 520 g/mol. The number of nitrogens with zero attached hydrogens (tertiary/aromatic N) is 3. The van der Waals surface area contributed by atoms with Crippen LogP contribution in [0.1, 0.15) is 24.1 Å². The summed E-state index contributed by atoms with van der Waals surface area (Å²) in [6.07, 6.45) is 0. The molecule has 2 N–H and O–H groups in total. The zero-order chi connectivity index (χ0) is 25.2. The van der Waals surface area contributed by atoms with E-state index in [1.807, 2.05) is 31.2 Å². The standard InChI is InChI=1S/C26H20Cl2FN5OS/c1-15-22(24(35)31-21-12-8-19(28)9-13-21)23(17-4-10-20(29)11-5-17)34-25(30-15)32-26(33-34)36-14-16-2-6-18(27)7-3-16/h2-13,23H,14H2,1H3,(H,31,35)(H,30,32,33)/t23-/m1/s1. The van der Waals surface area contributed by atoms with Crippen LogP contribution in [0.15, 0.2) is 89.2 Å². The number of carbonyl (C=O) groups is 1. The first-order valence-electron chi connectivity index (χ1n) is 11.0. The molecule has 0 saturated heterocycles. The summed E-state index contributed by atoms with van der Waals surface area (Å²) < 4.78 is 15.4. The topological polar surface area (TPSA) is 71.8 Å². The number of nitrogens with one attached hydrogen (secondary N) is 2. The molecule has 0 bridgehead atoms. The smallest absolute Gasteiger partial charge is 0.255 e. The summed E-state index contributed by atoms with van der Waals surface area (Å²) in [5, 5.41) is 12.6. The van der Waals surface area contributed by atoms with Crippen LogP contribution in [0.3, 0.4) is 0 Å². The summed E-state index contributed by atoms with van der Waals surface area (Å²) in [7, 11) is 0. The third kappa shape index (κ3) is 5.26. The number of fused-ring (bicyclic) bond motifs is 1. The molecule has 4 aromatic rings. The third-order valence-electron chi connectivity index (χ3n) is 5.65. The number of benzene rings is 3. The molecule has 5 rings (SSSR count). The van der Waals surface area contributed by atoms with Gasteiger partial charge in [0.05, 0.1) is 5.57 Å². The number of amides is 1. The van der Waals surface area contributed by atoms with Crippen LogP contribution in [0.4, 0.5) is 16.0 Å². The Labute approximate surface area is 221 Å². The lowest BCUT2D eigenvalue weighted by Crippen LogP contribution is -2.31. The van der Waals surface area contributed by atoms with Gasteiger partial charge in [0.1, 0.15) is 11.9 Å². The van der Waals surface area contributed by atoms with Gasteiger partial charge in [-0.3, -0.25) is 4.79 Å². The van der Waals surface area contributed by atoms with Crippen molar-refractivity contribution in [2.75, 3.05) is 10.6 Å². The minimum absolute atomic E-state index is 0.312. The molecule has 0 saturated carbocycles. The molecule has 0 fully saturated rings. The number of carbonyl (C=O) groups excluding carboxylic acids is 1. The predicted molar refractivity (Wildman–Crippen MR) is 142 cm³/mol. The average molecular weight is 540 g/mol. The van der Waals surface area contributed by atoms with Gasteiger partial charge in [0.15, 0.2) is 0 Å². The van der Waals surface area contributed by atoms with Gasteiger partial charge >= 0.3 is 0 Å². The minimum atomic E-state index is -0.605. The van der Waals surface area contributed by atoms with E-state index in [-0.39, 0.29) is 11.7 Å². The van der Waals surface area contributed by atoms with E-state index in [2.05, 4.69) is 15.6 Å². The number of hydrogen-bond acceptors (Lipinski definition) is 5. The molecule has 1 atom stereocenters. The lowest BCUT2D eigenvalue weighted by molar-refractivity contribution is -0.113. The highest BCUT2D eigenvalue weighted by Crippen LogP contribution is 2.37. The second-order valence-corrected chi connectivity index (χ2v) is 9.97. The highest BCUT2D eigenvalue weighted by Gasteiger charge is 2.34. The van der Waals surface area contributed by atoms with Gasteiger partial charge in [-0.05, 0) is 66.6 Å². The van der Waals surface area contributed by atoms with Crippen LogP contribution >= 0.6 is 35.0 Å². The Morgan fingerprint density at radius 2 is 1.67 bits per heavy atom. The first-order valence-corrected chi connectivity index (χ1v) is 12.8. The van der Waals surface area contributed by atoms with Crippen molar-refractivity contribution in [3.05, 3.63) is 111 Å². The Kier molecular flexibility index (Phi) is 7.00. The van der Waals surface area contributed by atoms with Crippen LogP contribution in [-0.4, -0.2) is 20.7 Å². The number of anilines is 2. The largest absolute Gasteiger partial charge is 0.328 e. The van der Waals surface area contributed by atoms with Crippen molar-refractivity contribution in [2.24, 2.45) is 0 Å². The van der Waals surface area contributed by atoms with Crippen molar-refractivity contribution in [3.63, 3.8) is 0 Å². The van der Waals surface area contributed by atoms with E-state index in [1.165, 1.54) is 23.9 Å². The summed E-state index contributed by atoms with van der Waals surface area (Å²) in [6, 6.07) is 19.9. The molecule has 1 amide bonds. The second-order valence-electron chi connectivity index (χ2n) is 8.16. The molecule has 182 valence electrons. The second kappa shape index (κ2) is 10.3. The fourth-order valence-electron chi connectivity index (χ4n) is 3.90. The van der Waals surface area contributed by atoms with Gasteiger partial charge in [-0.2, -0.15) is 4.98 Å². The first kappa shape index (κ1) is 24.4. The summed E-state index contributed by atoms with van der Waals surface area (Å²) in [4.78, 5) is 18.1. The van der Waals surface area contributed by atoms with E-state index >= 15 is 0 Å². The molecule has 1 aliphatic rings. The number of rotatable bonds is 6. The molecule has 1 aliphatic heterocycles. The quantitative estimate of drug-likeness (QED) is 0.259. The fraction of sp³-hybridized carbons (Fsp3) is 0.115. The number of allylic oxidation sites excluding steroid dienone is 1. The van der Waals surface area contributed by atoms with Crippen LogP contribution in [0.2, 0.25) is 10.0 Å². The van der Waals surface area contributed by atoms with Crippen LogP contribution in [0, 0.1) is 5.82 Å². The SMILES string of the molecule is CC1=C(C(=O)Nc2ccc(Cl)cc2)[C@@H](c2ccc(F)cc2)n2nc(SCc3ccc(Cl)cc3)nc2N1. The Bertz CT molecular complexity index is 1440. The van der Waals surface area contributed by atoms with Gasteiger partial charge in [-0.15, -0.1) is 5.10 Å². The molecule has 10 heteroatoms. The van der Waals surface area contributed by atoms with Crippen molar-refractivity contribution in [2.45, 2.75) is 23.9 Å². The number of aromatic nitrogens is 3. The third-order valence-corrected chi connectivity index (χ3v) is 7.06. The maximum Gasteiger partial charge on any atom is 0.255 e. The number of hydrogen-bond donors (Lipinski definition) is 2. The molecular formula is C26H20Cl2FN5OS. The molecule has 36 heavy (non-hydrogen) atoms. The van der Waals surface area contributed by atoms with E-state index in [4.69, 9.17) is 28.3 Å². The lowest BCUT2D eigenvalue weighted by Gasteiger charge is -2.28. The van der Waals surface area contributed by atoms with Crippen molar-refractivity contribution in [1.82, 2.24) is 14.8 Å². The molecule has 0 aliphatic carbocycles. The Morgan fingerprint density at radius 1 is 1.03 bits per heavy atom. The van der Waals surface area contributed by atoms with Crippen LogP contribution < -0.4 is 10.6 Å². The van der Waals surface area contributed by atoms with Gasteiger partial charge in [0.2, 0.25) is 11.1 Å². The minimum Gasteiger partial charge on any atom is -0.328 e. The normalized spacial score (nSPS) is 14.8. The first-order chi connectivity index (χ1) is 17.4.